The van der Waals surface area contributed by atoms with E-state index in [-0.39, 0.29) is 12.2 Å². The van der Waals surface area contributed by atoms with E-state index in [1.54, 1.807) is 0 Å². The Morgan fingerprint density at radius 3 is 3.00 bits per heavy atom. The number of aromatic nitrogens is 2. The normalized spacial score (nSPS) is 14.1. The molecule has 0 bridgehead atoms. The van der Waals surface area contributed by atoms with Crippen molar-refractivity contribution in [1.29, 1.82) is 0 Å². The molecule has 2 rings (SSSR count). The SMILES string of the molecule is CN1CCc2c(N)nc(CC(=O)O)nc21. The molecule has 1 aromatic rings. The Kier molecular flexibility index (Phi) is 2.18. The number of anilines is 2. The summed E-state index contributed by atoms with van der Waals surface area (Å²) in [6.07, 6.45) is 0.635. The molecular weight excluding hydrogens is 196 g/mol. The average molecular weight is 208 g/mol. The summed E-state index contributed by atoms with van der Waals surface area (Å²) in [6.45, 7) is 0.852. The van der Waals surface area contributed by atoms with Crippen molar-refractivity contribution in [3.8, 4) is 0 Å². The summed E-state index contributed by atoms with van der Waals surface area (Å²) in [4.78, 5) is 20.7. The fraction of sp³-hybridized carbons (Fsp3) is 0.444. The van der Waals surface area contributed by atoms with Crippen molar-refractivity contribution in [3.05, 3.63) is 11.4 Å². The standard InChI is InChI=1S/C9H12N4O2/c1-13-3-2-5-8(10)11-6(4-7(14)15)12-9(5)13/h2-4H2,1H3,(H,14,15)(H2,10,11,12). The number of hydrogen-bond donors (Lipinski definition) is 2. The molecule has 3 N–H and O–H groups in total. The lowest BCUT2D eigenvalue weighted by Gasteiger charge is -2.11. The van der Waals surface area contributed by atoms with Crippen molar-refractivity contribution < 1.29 is 9.90 Å². The first-order chi connectivity index (χ1) is 7.08. The smallest absolute Gasteiger partial charge is 0.311 e. The van der Waals surface area contributed by atoms with Crippen LogP contribution in [0.1, 0.15) is 11.4 Å². The van der Waals surface area contributed by atoms with Gasteiger partial charge in [0.05, 0.1) is 0 Å². The Labute approximate surface area is 86.7 Å². The summed E-state index contributed by atoms with van der Waals surface area (Å²) in [7, 11) is 1.91. The molecule has 0 fully saturated rings. The van der Waals surface area contributed by atoms with Gasteiger partial charge in [0.2, 0.25) is 0 Å². The Hall–Kier alpha value is -1.85. The molecule has 0 saturated carbocycles. The van der Waals surface area contributed by atoms with E-state index >= 15 is 0 Å². The lowest BCUT2D eigenvalue weighted by atomic mass is 10.2. The van der Waals surface area contributed by atoms with Crippen LogP contribution in [0.15, 0.2) is 0 Å². The first-order valence-electron chi connectivity index (χ1n) is 4.66. The lowest BCUT2D eigenvalue weighted by Crippen LogP contribution is -2.15. The number of likely N-dealkylation sites (N-methyl/N-ethyl adjacent to an activating group) is 1. The number of hydrogen-bond acceptors (Lipinski definition) is 5. The third kappa shape index (κ3) is 1.70. The molecule has 1 aliphatic rings. The highest BCUT2D eigenvalue weighted by atomic mass is 16.4. The predicted octanol–water partition coefficient (Wildman–Crippen LogP) is -0.322. The molecule has 0 amide bonds. The number of fused-ring (bicyclic) bond motifs is 1. The summed E-state index contributed by atoms with van der Waals surface area (Å²) in [5.41, 5.74) is 6.66. The van der Waals surface area contributed by atoms with Crippen molar-refractivity contribution >= 4 is 17.6 Å². The van der Waals surface area contributed by atoms with E-state index in [1.807, 2.05) is 11.9 Å². The Bertz CT molecular complexity index is 419. The summed E-state index contributed by atoms with van der Waals surface area (Å²) in [5, 5.41) is 8.64. The number of nitrogens with zero attached hydrogens (tertiary/aromatic N) is 3. The highest BCUT2D eigenvalue weighted by Gasteiger charge is 2.22. The number of carboxylic acids is 1. The minimum atomic E-state index is -0.949. The Morgan fingerprint density at radius 1 is 1.60 bits per heavy atom. The van der Waals surface area contributed by atoms with Crippen molar-refractivity contribution in [2.75, 3.05) is 24.2 Å². The summed E-state index contributed by atoms with van der Waals surface area (Å²) in [5.74, 6) is 0.488. The highest BCUT2D eigenvalue weighted by Crippen LogP contribution is 2.27. The molecule has 0 radical (unpaired) electrons. The van der Waals surface area contributed by atoms with Gasteiger partial charge in [-0.15, -0.1) is 0 Å². The van der Waals surface area contributed by atoms with E-state index in [4.69, 9.17) is 10.8 Å². The molecule has 1 aromatic heterocycles. The number of aliphatic carboxylic acids is 1. The molecule has 0 aliphatic carbocycles. The maximum absolute atomic E-state index is 10.5. The molecule has 0 unspecified atom stereocenters. The van der Waals surface area contributed by atoms with Gasteiger partial charge in [-0.25, -0.2) is 9.97 Å². The topological polar surface area (TPSA) is 92.3 Å². The third-order valence-corrected chi connectivity index (χ3v) is 2.43. The second-order valence-corrected chi connectivity index (χ2v) is 3.57. The maximum atomic E-state index is 10.5. The number of rotatable bonds is 2. The quantitative estimate of drug-likeness (QED) is 0.691. The molecule has 0 saturated heterocycles. The van der Waals surface area contributed by atoms with Gasteiger partial charge in [0.15, 0.2) is 0 Å². The number of nitrogens with two attached hydrogens (primary N) is 1. The highest BCUT2D eigenvalue weighted by molar-refractivity contribution is 5.70. The van der Waals surface area contributed by atoms with Crippen LogP contribution < -0.4 is 10.6 Å². The van der Waals surface area contributed by atoms with Gasteiger partial charge in [-0.1, -0.05) is 0 Å². The zero-order valence-electron chi connectivity index (χ0n) is 8.40. The van der Waals surface area contributed by atoms with Gasteiger partial charge in [-0.2, -0.15) is 0 Å². The van der Waals surface area contributed by atoms with Gasteiger partial charge in [-0.05, 0) is 6.42 Å². The molecule has 1 aliphatic heterocycles. The molecule has 0 atom stereocenters. The van der Waals surface area contributed by atoms with Crippen molar-refractivity contribution in [2.24, 2.45) is 0 Å². The number of nitrogen functional groups attached to an aromatic ring is 1. The van der Waals surface area contributed by atoms with E-state index < -0.39 is 5.97 Å². The van der Waals surface area contributed by atoms with Crippen molar-refractivity contribution in [3.63, 3.8) is 0 Å². The van der Waals surface area contributed by atoms with Crippen LogP contribution in [-0.2, 0) is 17.6 Å². The summed E-state index contributed by atoms with van der Waals surface area (Å²) >= 11 is 0. The third-order valence-electron chi connectivity index (χ3n) is 2.43. The second-order valence-electron chi connectivity index (χ2n) is 3.57. The average Bonchev–Trinajstić information content (AvgIpc) is 2.47. The first-order valence-corrected chi connectivity index (χ1v) is 4.66. The number of carbonyl (C=O) groups is 1. The van der Waals surface area contributed by atoms with Crippen LogP contribution >= 0.6 is 0 Å². The van der Waals surface area contributed by atoms with Crippen molar-refractivity contribution in [2.45, 2.75) is 12.8 Å². The zero-order valence-corrected chi connectivity index (χ0v) is 8.40. The van der Waals surface area contributed by atoms with Crippen LogP contribution in [0.25, 0.3) is 0 Å². The number of carboxylic acid groups (broad SMARTS) is 1. The van der Waals surface area contributed by atoms with Gasteiger partial charge in [-0.3, -0.25) is 4.79 Å². The minimum absolute atomic E-state index is 0.189. The van der Waals surface area contributed by atoms with E-state index in [9.17, 15) is 4.79 Å². The molecule has 6 nitrogen and oxygen atoms in total. The Morgan fingerprint density at radius 2 is 2.33 bits per heavy atom. The van der Waals surface area contributed by atoms with E-state index in [0.29, 0.717) is 5.82 Å². The summed E-state index contributed by atoms with van der Waals surface area (Å²) < 4.78 is 0. The van der Waals surface area contributed by atoms with Crippen molar-refractivity contribution in [1.82, 2.24) is 9.97 Å². The molecule has 80 valence electrons. The fourth-order valence-corrected chi connectivity index (χ4v) is 1.69. The second kappa shape index (κ2) is 3.38. The van der Waals surface area contributed by atoms with Crippen LogP contribution in [0, 0.1) is 0 Å². The molecule has 2 heterocycles. The molecular formula is C9H12N4O2. The molecule has 6 heteroatoms. The van der Waals surface area contributed by atoms with Gasteiger partial charge < -0.3 is 15.7 Å². The Balaban J connectivity index is 2.41. The molecule has 0 aromatic carbocycles. The van der Waals surface area contributed by atoms with E-state index in [1.165, 1.54) is 0 Å². The first kappa shape index (κ1) is 9.70. The van der Waals surface area contributed by atoms with E-state index in [2.05, 4.69) is 9.97 Å². The zero-order chi connectivity index (χ0) is 11.0. The fourth-order valence-electron chi connectivity index (χ4n) is 1.69. The molecule has 0 spiro atoms. The summed E-state index contributed by atoms with van der Waals surface area (Å²) in [6, 6.07) is 0. The monoisotopic (exact) mass is 208 g/mol. The maximum Gasteiger partial charge on any atom is 0.311 e. The van der Waals surface area contributed by atoms with Gasteiger partial charge >= 0.3 is 5.97 Å². The van der Waals surface area contributed by atoms with Crippen LogP contribution in [0.4, 0.5) is 11.6 Å². The minimum Gasteiger partial charge on any atom is -0.481 e. The van der Waals surface area contributed by atoms with Crippen LogP contribution in [0.2, 0.25) is 0 Å². The van der Waals surface area contributed by atoms with Gasteiger partial charge in [0, 0.05) is 19.2 Å². The van der Waals surface area contributed by atoms with Crippen LogP contribution in [0.5, 0.6) is 0 Å². The largest absolute Gasteiger partial charge is 0.481 e. The van der Waals surface area contributed by atoms with Crippen LogP contribution in [0.3, 0.4) is 0 Å². The van der Waals surface area contributed by atoms with Gasteiger partial charge in [0.25, 0.3) is 0 Å². The van der Waals surface area contributed by atoms with Gasteiger partial charge in [0.1, 0.15) is 23.9 Å². The molecule has 15 heavy (non-hydrogen) atoms. The van der Waals surface area contributed by atoms with Crippen LogP contribution in [-0.4, -0.2) is 34.6 Å². The van der Waals surface area contributed by atoms with E-state index in [0.717, 1.165) is 24.3 Å². The lowest BCUT2D eigenvalue weighted by molar-refractivity contribution is -0.136. The predicted molar refractivity (Wildman–Crippen MR) is 54.8 cm³/mol.